The molecule has 0 aliphatic carbocycles. The highest BCUT2D eigenvalue weighted by molar-refractivity contribution is 7.89. The summed E-state index contributed by atoms with van der Waals surface area (Å²) in [5.74, 6) is -0.514. The number of halogens is 3. The average Bonchev–Trinajstić information content (AvgIpc) is 2.44. The Kier molecular flexibility index (Phi) is 5.95. The predicted molar refractivity (Wildman–Crippen MR) is 74.6 cm³/mol. The standard InChI is InChI=1S/C13H17F3N2O3S/c1-3-17-12(19)9-18(4-2)22(20,21)11-7-5-6-10(8-11)13(14,15)16/h5-8H,3-4,9H2,1-2H3,(H,17,19). The lowest BCUT2D eigenvalue weighted by molar-refractivity contribution is -0.137. The molecule has 0 saturated carbocycles. The van der Waals surface area contributed by atoms with Crippen molar-refractivity contribution < 1.29 is 26.4 Å². The molecule has 0 spiro atoms. The van der Waals surface area contributed by atoms with Crippen molar-refractivity contribution in [3.8, 4) is 0 Å². The zero-order chi connectivity index (χ0) is 17.0. The van der Waals surface area contributed by atoms with E-state index in [1.807, 2.05) is 0 Å². The first-order valence-electron chi connectivity index (χ1n) is 6.57. The Balaban J connectivity index is 3.14. The van der Waals surface area contributed by atoms with E-state index in [2.05, 4.69) is 5.32 Å². The van der Waals surface area contributed by atoms with Crippen molar-refractivity contribution in [2.24, 2.45) is 0 Å². The number of alkyl halides is 3. The van der Waals surface area contributed by atoms with Crippen LogP contribution in [-0.2, 0) is 21.0 Å². The summed E-state index contributed by atoms with van der Waals surface area (Å²) in [6, 6.07) is 3.45. The highest BCUT2D eigenvalue weighted by atomic mass is 32.2. The smallest absolute Gasteiger partial charge is 0.355 e. The van der Waals surface area contributed by atoms with E-state index in [1.165, 1.54) is 6.92 Å². The summed E-state index contributed by atoms with van der Waals surface area (Å²) in [6.45, 7) is 3.04. The van der Waals surface area contributed by atoms with Gasteiger partial charge in [-0.1, -0.05) is 13.0 Å². The van der Waals surface area contributed by atoms with Gasteiger partial charge in [0, 0.05) is 13.1 Å². The molecule has 5 nitrogen and oxygen atoms in total. The van der Waals surface area contributed by atoms with Crippen LogP contribution in [0, 0.1) is 0 Å². The number of sulfonamides is 1. The Morgan fingerprint density at radius 3 is 2.41 bits per heavy atom. The van der Waals surface area contributed by atoms with Crippen LogP contribution in [-0.4, -0.2) is 38.3 Å². The maximum Gasteiger partial charge on any atom is 0.416 e. The number of rotatable bonds is 6. The van der Waals surface area contributed by atoms with Crippen LogP contribution in [0.4, 0.5) is 13.2 Å². The van der Waals surface area contributed by atoms with Gasteiger partial charge in [-0.3, -0.25) is 4.79 Å². The number of nitrogens with one attached hydrogen (secondary N) is 1. The van der Waals surface area contributed by atoms with Gasteiger partial charge in [-0.05, 0) is 25.1 Å². The Labute approximate surface area is 127 Å². The molecule has 0 heterocycles. The van der Waals surface area contributed by atoms with Crippen LogP contribution in [0.15, 0.2) is 29.2 Å². The molecule has 0 atom stereocenters. The van der Waals surface area contributed by atoms with Gasteiger partial charge in [0.05, 0.1) is 17.0 Å². The molecule has 0 fully saturated rings. The van der Waals surface area contributed by atoms with E-state index >= 15 is 0 Å². The Bertz CT molecular complexity index is 630. The molecule has 124 valence electrons. The SMILES string of the molecule is CCNC(=O)CN(CC)S(=O)(=O)c1cccc(C(F)(F)F)c1. The van der Waals surface area contributed by atoms with Crippen molar-refractivity contribution in [3.63, 3.8) is 0 Å². The predicted octanol–water partition coefficient (Wildman–Crippen LogP) is 1.85. The van der Waals surface area contributed by atoms with Crippen molar-refractivity contribution in [2.45, 2.75) is 24.9 Å². The summed E-state index contributed by atoms with van der Waals surface area (Å²) in [5.41, 5.74) is -1.05. The fourth-order valence-electron chi connectivity index (χ4n) is 1.76. The molecule has 1 N–H and O–H groups in total. The van der Waals surface area contributed by atoms with Crippen LogP contribution < -0.4 is 5.32 Å². The molecule has 0 unspecified atom stereocenters. The lowest BCUT2D eigenvalue weighted by Gasteiger charge is -2.20. The number of carbonyl (C=O) groups is 1. The molecule has 0 saturated heterocycles. The third-order valence-electron chi connectivity index (χ3n) is 2.85. The Hall–Kier alpha value is -1.61. The van der Waals surface area contributed by atoms with Gasteiger partial charge < -0.3 is 5.32 Å². The monoisotopic (exact) mass is 338 g/mol. The van der Waals surface area contributed by atoms with Crippen LogP contribution >= 0.6 is 0 Å². The number of nitrogens with zero attached hydrogens (tertiary/aromatic N) is 1. The van der Waals surface area contributed by atoms with Crippen molar-refractivity contribution >= 4 is 15.9 Å². The second-order valence-electron chi connectivity index (χ2n) is 4.41. The van der Waals surface area contributed by atoms with E-state index in [-0.39, 0.29) is 6.54 Å². The van der Waals surface area contributed by atoms with Crippen LogP contribution in [0.2, 0.25) is 0 Å². The number of hydrogen-bond donors (Lipinski definition) is 1. The number of hydrogen-bond acceptors (Lipinski definition) is 3. The minimum atomic E-state index is -4.64. The van der Waals surface area contributed by atoms with Crippen molar-refractivity contribution in [2.75, 3.05) is 19.6 Å². The normalized spacial score (nSPS) is 12.5. The third kappa shape index (κ3) is 4.44. The van der Waals surface area contributed by atoms with Gasteiger partial charge in [-0.15, -0.1) is 0 Å². The van der Waals surface area contributed by atoms with Crippen molar-refractivity contribution in [1.29, 1.82) is 0 Å². The van der Waals surface area contributed by atoms with Gasteiger partial charge in [-0.25, -0.2) is 8.42 Å². The van der Waals surface area contributed by atoms with Crippen molar-refractivity contribution in [3.05, 3.63) is 29.8 Å². The maximum absolute atomic E-state index is 12.7. The molecule has 0 aliphatic rings. The molecule has 22 heavy (non-hydrogen) atoms. The van der Waals surface area contributed by atoms with Gasteiger partial charge in [0.15, 0.2) is 0 Å². The average molecular weight is 338 g/mol. The molecular formula is C13H17F3N2O3S. The second kappa shape index (κ2) is 7.10. The lowest BCUT2D eigenvalue weighted by atomic mass is 10.2. The Morgan fingerprint density at radius 2 is 1.91 bits per heavy atom. The fourth-order valence-corrected chi connectivity index (χ4v) is 3.21. The second-order valence-corrected chi connectivity index (χ2v) is 6.35. The van der Waals surface area contributed by atoms with E-state index < -0.39 is 39.1 Å². The van der Waals surface area contributed by atoms with Crippen LogP contribution in [0.25, 0.3) is 0 Å². The van der Waals surface area contributed by atoms with E-state index in [4.69, 9.17) is 0 Å². The summed E-state index contributed by atoms with van der Waals surface area (Å²) < 4.78 is 63.6. The van der Waals surface area contributed by atoms with Gasteiger partial charge in [0.2, 0.25) is 15.9 Å². The van der Waals surface area contributed by atoms with Crippen LogP contribution in [0.1, 0.15) is 19.4 Å². The summed E-state index contributed by atoms with van der Waals surface area (Å²) in [4.78, 5) is 11.0. The molecule has 0 aromatic heterocycles. The number of amides is 1. The Morgan fingerprint density at radius 1 is 1.27 bits per heavy atom. The summed E-state index contributed by atoms with van der Waals surface area (Å²) >= 11 is 0. The summed E-state index contributed by atoms with van der Waals surface area (Å²) in [7, 11) is -4.17. The lowest BCUT2D eigenvalue weighted by Crippen LogP contribution is -2.40. The highest BCUT2D eigenvalue weighted by Crippen LogP contribution is 2.31. The summed E-state index contributed by atoms with van der Waals surface area (Å²) in [5, 5.41) is 2.44. The molecule has 9 heteroatoms. The minimum absolute atomic E-state index is 0.0320. The van der Waals surface area contributed by atoms with Gasteiger partial charge in [0.25, 0.3) is 0 Å². The first-order valence-corrected chi connectivity index (χ1v) is 8.01. The molecule has 1 aromatic carbocycles. The topological polar surface area (TPSA) is 66.5 Å². The van der Waals surface area contributed by atoms with E-state index in [9.17, 15) is 26.4 Å². The van der Waals surface area contributed by atoms with E-state index in [1.54, 1.807) is 6.92 Å². The van der Waals surface area contributed by atoms with Crippen LogP contribution in [0.5, 0.6) is 0 Å². The summed E-state index contributed by atoms with van der Waals surface area (Å²) in [6.07, 6.45) is -4.64. The van der Waals surface area contributed by atoms with Crippen LogP contribution in [0.3, 0.4) is 0 Å². The van der Waals surface area contributed by atoms with Crippen molar-refractivity contribution in [1.82, 2.24) is 9.62 Å². The molecule has 1 aromatic rings. The third-order valence-corrected chi connectivity index (χ3v) is 4.76. The molecule has 0 aliphatic heterocycles. The minimum Gasteiger partial charge on any atom is -0.355 e. The van der Waals surface area contributed by atoms with E-state index in [0.717, 1.165) is 22.5 Å². The van der Waals surface area contributed by atoms with E-state index in [0.29, 0.717) is 12.6 Å². The highest BCUT2D eigenvalue weighted by Gasteiger charge is 2.33. The quantitative estimate of drug-likeness (QED) is 0.861. The molecular weight excluding hydrogens is 321 g/mol. The molecule has 1 amide bonds. The van der Waals surface area contributed by atoms with Gasteiger partial charge >= 0.3 is 6.18 Å². The fraction of sp³-hybridized carbons (Fsp3) is 0.462. The molecule has 0 radical (unpaired) electrons. The largest absolute Gasteiger partial charge is 0.416 e. The number of benzene rings is 1. The van der Waals surface area contributed by atoms with Gasteiger partial charge in [0.1, 0.15) is 0 Å². The first-order chi connectivity index (χ1) is 10.1. The zero-order valence-electron chi connectivity index (χ0n) is 12.1. The number of carbonyl (C=O) groups excluding carboxylic acids is 1. The van der Waals surface area contributed by atoms with Gasteiger partial charge in [-0.2, -0.15) is 17.5 Å². The number of likely N-dealkylation sites (N-methyl/N-ethyl adjacent to an activating group) is 2. The first kappa shape index (κ1) is 18.4. The molecule has 1 rings (SSSR count). The zero-order valence-corrected chi connectivity index (χ0v) is 13.0. The molecule has 0 bridgehead atoms. The maximum atomic E-state index is 12.7.